The summed E-state index contributed by atoms with van der Waals surface area (Å²) in [6.07, 6.45) is 1.56. The Labute approximate surface area is 153 Å². The first-order chi connectivity index (χ1) is 11.8. The zero-order chi connectivity index (χ0) is 18.6. The topological polar surface area (TPSA) is 107 Å². The second-order valence-electron chi connectivity index (χ2n) is 5.31. The minimum atomic E-state index is -1.13. The summed E-state index contributed by atoms with van der Waals surface area (Å²) in [7, 11) is 0. The monoisotopic (exact) mass is 380 g/mol. The number of aliphatic carboxylic acids is 1. The number of aromatic hydroxyl groups is 1. The summed E-state index contributed by atoms with van der Waals surface area (Å²) in [5.41, 5.74) is 0.661. The van der Waals surface area contributed by atoms with E-state index < -0.39 is 17.9 Å². The molecule has 1 saturated heterocycles. The third-order valence-corrected chi connectivity index (χ3v) is 4.73. The van der Waals surface area contributed by atoms with Gasteiger partial charge in [-0.3, -0.25) is 19.3 Å². The van der Waals surface area contributed by atoms with E-state index in [1.54, 1.807) is 18.2 Å². The number of amides is 2. The Morgan fingerprint density at radius 3 is 2.80 bits per heavy atom. The summed E-state index contributed by atoms with van der Waals surface area (Å²) in [4.78, 5) is 36.6. The molecule has 1 aromatic carbocycles. The van der Waals surface area contributed by atoms with Crippen LogP contribution in [0.5, 0.6) is 5.75 Å². The molecule has 0 spiro atoms. The number of thioether (sulfide) groups is 1. The van der Waals surface area contributed by atoms with Crippen LogP contribution in [0.1, 0.15) is 18.9 Å². The average molecular weight is 380 g/mol. The van der Waals surface area contributed by atoms with Crippen molar-refractivity contribution >= 4 is 52.2 Å². The number of carbonyl (C=O) groups is 3. The lowest BCUT2D eigenvalue weighted by Crippen LogP contribution is -2.40. The van der Waals surface area contributed by atoms with Crippen molar-refractivity contribution in [2.45, 2.75) is 19.4 Å². The smallest absolute Gasteiger partial charge is 0.325 e. The van der Waals surface area contributed by atoms with Gasteiger partial charge in [-0.2, -0.15) is 0 Å². The number of nitrogens with one attached hydrogen (secondary N) is 1. The highest BCUT2D eigenvalue weighted by Gasteiger charge is 2.32. The molecule has 0 saturated carbocycles. The lowest BCUT2D eigenvalue weighted by atomic mass is 10.2. The molecule has 1 heterocycles. The zero-order valence-electron chi connectivity index (χ0n) is 13.3. The lowest BCUT2D eigenvalue weighted by molar-refractivity contribution is -0.141. The number of benzene rings is 1. The number of rotatable bonds is 6. The predicted octanol–water partition coefficient (Wildman–Crippen LogP) is 1.57. The SMILES string of the molecule is CC(NC(=O)CCN1C(=O)/C(=C/c2cccc(O)c2)SC1=S)C(=O)O. The van der Waals surface area contributed by atoms with E-state index in [0.29, 0.717) is 14.8 Å². The molecule has 9 heteroatoms. The third kappa shape index (κ3) is 5.04. The average Bonchev–Trinajstić information content (AvgIpc) is 2.79. The van der Waals surface area contributed by atoms with Gasteiger partial charge in [0, 0.05) is 13.0 Å². The molecular weight excluding hydrogens is 364 g/mol. The molecule has 2 amide bonds. The standard InChI is InChI=1S/C16H16N2O5S2/c1-9(15(22)23)17-13(20)5-6-18-14(21)12(25-16(18)24)8-10-3-2-4-11(19)7-10/h2-4,7-9,19H,5-6H2,1H3,(H,17,20)(H,22,23)/b12-8-. The molecule has 1 aliphatic rings. The maximum absolute atomic E-state index is 12.4. The Morgan fingerprint density at radius 2 is 2.16 bits per heavy atom. The largest absolute Gasteiger partial charge is 0.508 e. The molecule has 3 N–H and O–H groups in total. The van der Waals surface area contributed by atoms with Crippen LogP contribution >= 0.6 is 24.0 Å². The summed E-state index contributed by atoms with van der Waals surface area (Å²) in [5.74, 6) is -1.83. The van der Waals surface area contributed by atoms with Crippen LogP contribution < -0.4 is 5.32 Å². The molecule has 1 aliphatic heterocycles. The summed E-state index contributed by atoms with van der Waals surface area (Å²) in [5, 5.41) is 20.6. The van der Waals surface area contributed by atoms with Gasteiger partial charge in [0.1, 0.15) is 16.1 Å². The Balaban J connectivity index is 1.99. The number of carboxylic acid groups (broad SMARTS) is 1. The summed E-state index contributed by atoms with van der Waals surface area (Å²) in [6, 6.07) is 5.46. The molecule has 0 aliphatic carbocycles. The first-order valence-electron chi connectivity index (χ1n) is 7.34. The first-order valence-corrected chi connectivity index (χ1v) is 8.57. The van der Waals surface area contributed by atoms with Crippen LogP contribution in [0.3, 0.4) is 0 Å². The van der Waals surface area contributed by atoms with Gasteiger partial charge >= 0.3 is 5.97 Å². The van der Waals surface area contributed by atoms with Gasteiger partial charge in [0.2, 0.25) is 5.91 Å². The third-order valence-electron chi connectivity index (χ3n) is 3.35. The minimum absolute atomic E-state index is 0.0521. The fraction of sp³-hybridized carbons (Fsp3) is 0.250. The van der Waals surface area contributed by atoms with Gasteiger partial charge in [0.15, 0.2) is 0 Å². The number of thiocarbonyl (C=S) groups is 1. The van der Waals surface area contributed by atoms with Crippen LogP contribution in [0.2, 0.25) is 0 Å². The van der Waals surface area contributed by atoms with Crippen molar-refractivity contribution < 1.29 is 24.6 Å². The maximum Gasteiger partial charge on any atom is 0.325 e. The molecule has 1 fully saturated rings. The fourth-order valence-corrected chi connectivity index (χ4v) is 3.36. The van der Waals surface area contributed by atoms with Crippen molar-refractivity contribution in [2.24, 2.45) is 0 Å². The van der Waals surface area contributed by atoms with E-state index in [2.05, 4.69) is 5.32 Å². The Hall–Kier alpha value is -2.39. The fourth-order valence-electron chi connectivity index (χ4n) is 2.05. The van der Waals surface area contributed by atoms with Gasteiger partial charge < -0.3 is 15.5 Å². The molecular formula is C16H16N2O5S2. The molecule has 1 aromatic rings. The van der Waals surface area contributed by atoms with Crippen LogP contribution in [-0.2, 0) is 14.4 Å². The van der Waals surface area contributed by atoms with E-state index in [1.165, 1.54) is 24.0 Å². The van der Waals surface area contributed by atoms with Gasteiger partial charge in [-0.15, -0.1) is 0 Å². The molecule has 132 valence electrons. The van der Waals surface area contributed by atoms with Gasteiger partial charge in [-0.05, 0) is 30.7 Å². The number of carbonyl (C=O) groups excluding carboxylic acids is 2. The van der Waals surface area contributed by atoms with E-state index in [-0.39, 0.29) is 24.6 Å². The Kier molecular flexibility index (Phi) is 6.16. The molecule has 1 atom stereocenters. The molecule has 7 nitrogen and oxygen atoms in total. The van der Waals surface area contributed by atoms with E-state index >= 15 is 0 Å². The molecule has 1 unspecified atom stereocenters. The molecule has 0 aromatic heterocycles. The van der Waals surface area contributed by atoms with Crippen molar-refractivity contribution in [3.63, 3.8) is 0 Å². The van der Waals surface area contributed by atoms with E-state index in [1.807, 2.05) is 0 Å². The quantitative estimate of drug-likeness (QED) is 0.508. The number of hydrogen-bond donors (Lipinski definition) is 3. The van der Waals surface area contributed by atoms with Crippen LogP contribution in [-0.4, -0.2) is 49.8 Å². The Bertz CT molecular complexity index is 763. The van der Waals surface area contributed by atoms with E-state index in [4.69, 9.17) is 17.3 Å². The van der Waals surface area contributed by atoms with Gasteiger partial charge in [-0.1, -0.05) is 36.1 Å². The normalized spacial score (nSPS) is 17.0. The molecule has 0 bridgehead atoms. The van der Waals surface area contributed by atoms with Crippen LogP contribution in [0.4, 0.5) is 0 Å². The lowest BCUT2D eigenvalue weighted by Gasteiger charge is -2.15. The van der Waals surface area contributed by atoms with Crippen LogP contribution in [0, 0.1) is 0 Å². The van der Waals surface area contributed by atoms with E-state index in [9.17, 15) is 19.5 Å². The highest BCUT2D eigenvalue weighted by Crippen LogP contribution is 2.32. The Morgan fingerprint density at radius 1 is 1.44 bits per heavy atom. The van der Waals surface area contributed by atoms with Crippen molar-refractivity contribution in [2.75, 3.05) is 6.54 Å². The van der Waals surface area contributed by atoms with Crippen molar-refractivity contribution in [3.8, 4) is 5.75 Å². The summed E-state index contributed by atoms with van der Waals surface area (Å²) < 4.78 is 0.329. The highest BCUT2D eigenvalue weighted by atomic mass is 32.2. The van der Waals surface area contributed by atoms with E-state index in [0.717, 1.165) is 11.8 Å². The zero-order valence-corrected chi connectivity index (χ0v) is 14.9. The van der Waals surface area contributed by atoms with Gasteiger partial charge in [0.05, 0.1) is 4.91 Å². The molecule has 0 radical (unpaired) electrons. The van der Waals surface area contributed by atoms with Crippen LogP contribution in [0.15, 0.2) is 29.2 Å². The summed E-state index contributed by atoms with van der Waals surface area (Å²) >= 11 is 6.28. The number of phenolic OH excluding ortho intramolecular Hbond substituents is 1. The number of carboxylic acids is 1. The summed E-state index contributed by atoms with van der Waals surface area (Å²) in [6.45, 7) is 1.43. The second kappa shape index (κ2) is 8.13. The van der Waals surface area contributed by atoms with Crippen molar-refractivity contribution in [1.29, 1.82) is 0 Å². The van der Waals surface area contributed by atoms with Gasteiger partial charge in [0.25, 0.3) is 5.91 Å². The van der Waals surface area contributed by atoms with Crippen molar-refractivity contribution in [3.05, 3.63) is 34.7 Å². The predicted molar refractivity (Wildman–Crippen MR) is 97.8 cm³/mol. The minimum Gasteiger partial charge on any atom is -0.508 e. The maximum atomic E-state index is 12.4. The molecule has 2 rings (SSSR count). The number of hydrogen-bond acceptors (Lipinski definition) is 6. The highest BCUT2D eigenvalue weighted by molar-refractivity contribution is 8.26. The number of phenols is 1. The first kappa shape index (κ1) is 18.9. The number of nitrogens with zero attached hydrogens (tertiary/aromatic N) is 1. The molecule has 25 heavy (non-hydrogen) atoms. The van der Waals surface area contributed by atoms with Gasteiger partial charge in [-0.25, -0.2) is 0 Å². The van der Waals surface area contributed by atoms with Crippen molar-refractivity contribution in [1.82, 2.24) is 10.2 Å². The second-order valence-corrected chi connectivity index (χ2v) is 6.98. The van der Waals surface area contributed by atoms with Crippen LogP contribution in [0.25, 0.3) is 6.08 Å².